The average molecular weight is 431 g/mol. The van der Waals surface area contributed by atoms with Gasteiger partial charge in [0.15, 0.2) is 5.82 Å². The molecule has 164 valence electrons. The number of aromatic nitrogens is 6. The minimum absolute atomic E-state index is 0.159. The third-order valence-corrected chi connectivity index (χ3v) is 5.49. The van der Waals surface area contributed by atoms with Crippen molar-refractivity contribution >= 4 is 11.7 Å². The summed E-state index contributed by atoms with van der Waals surface area (Å²) in [5.74, 6) is 1.14. The second-order valence-electron chi connectivity index (χ2n) is 7.56. The Morgan fingerprint density at radius 3 is 2.34 bits per heavy atom. The number of rotatable bonds is 7. The van der Waals surface area contributed by atoms with Crippen molar-refractivity contribution in [1.82, 2.24) is 35.1 Å². The predicted octanol–water partition coefficient (Wildman–Crippen LogP) is 2.92. The fourth-order valence-corrected chi connectivity index (χ4v) is 3.40. The van der Waals surface area contributed by atoms with Gasteiger partial charge in [-0.05, 0) is 57.5 Å². The quantitative estimate of drug-likeness (QED) is 0.437. The summed E-state index contributed by atoms with van der Waals surface area (Å²) in [7, 11) is 0. The van der Waals surface area contributed by atoms with Crippen LogP contribution in [0.4, 0.5) is 5.82 Å². The highest BCUT2D eigenvalue weighted by Crippen LogP contribution is 2.16. The second kappa shape index (κ2) is 9.01. The number of nitrogens with one attached hydrogen (secondary N) is 2. The number of carbonyl (C=O) groups is 1. The summed E-state index contributed by atoms with van der Waals surface area (Å²) < 4.78 is 3.55. The molecule has 0 fully saturated rings. The third-order valence-electron chi connectivity index (χ3n) is 5.49. The Kier molecular flexibility index (Phi) is 5.98. The zero-order valence-corrected chi connectivity index (χ0v) is 18.6. The highest BCUT2D eigenvalue weighted by Gasteiger charge is 2.15. The third kappa shape index (κ3) is 4.22. The number of anilines is 1. The molecule has 0 aliphatic rings. The molecule has 4 rings (SSSR count). The average Bonchev–Trinajstić information content (AvgIpc) is 3.32. The van der Waals surface area contributed by atoms with Crippen LogP contribution in [0.1, 0.15) is 33.0 Å². The van der Waals surface area contributed by atoms with Crippen molar-refractivity contribution in [1.29, 1.82) is 0 Å². The molecule has 0 radical (unpaired) electrons. The molecule has 1 aromatic carbocycles. The highest BCUT2D eigenvalue weighted by molar-refractivity contribution is 5.95. The topological polar surface area (TPSA) is 103 Å². The molecule has 1 amide bonds. The van der Waals surface area contributed by atoms with Gasteiger partial charge in [0.2, 0.25) is 0 Å². The number of nitrogens with zero attached hydrogens (tertiary/aromatic N) is 6. The van der Waals surface area contributed by atoms with Gasteiger partial charge in [0.05, 0.1) is 28.8 Å². The van der Waals surface area contributed by atoms with Crippen LogP contribution in [0.2, 0.25) is 0 Å². The molecule has 2 N–H and O–H groups in total. The van der Waals surface area contributed by atoms with E-state index < -0.39 is 0 Å². The smallest absolute Gasteiger partial charge is 0.254 e. The summed E-state index contributed by atoms with van der Waals surface area (Å²) in [6.45, 7) is 8.87. The SMILES string of the molecule is Cc1nn(-c2ccc(NCCNC(=O)c3cnn(-c4ccccc4)c3C)nn2)c(C)c1C. The van der Waals surface area contributed by atoms with Crippen LogP contribution in [0.3, 0.4) is 0 Å². The zero-order valence-electron chi connectivity index (χ0n) is 18.6. The van der Waals surface area contributed by atoms with Gasteiger partial charge in [0.25, 0.3) is 5.91 Å². The standard InChI is InChI=1S/C23H26N8O/c1-15-16(2)29-31(17(15)3)22-11-10-21(27-28-22)24-12-13-25-23(32)20-14-26-30(18(20)4)19-8-6-5-7-9-19/h5-11,14H,12-13H2,1-4H3,(H,24,27)(H,25,32). The summed E-state index contributed by atoms with van der Waals surface area (Å²) >= 11 is 0. The summed E-state index contributed by atoms with van der Waals surface area (Å²) in [6.07, 6.45) is 1.59. The van der Waals surface area contributed by atoms with Crippen LogP contribution in [0.15, 0.2) is 48.7 Å². The minimum Gasteiger partial charge on any atom is -0.367 e. The Hall–Kier alpha value is -4.01. The van der Waals surface area contributed by atoms with E-state index in [-0.39, 0.29) is 5.91 Å². The first-order valence-electron chi connectivity index (χ1n) is 10.4. The first-order valence-corrected chi connectivity index (χ1v) is 10.4. The predicted molar refractivity (Wildman–Crippen MR) is 122 cm³/mol. The van der Waals surface area contributed by atoms with Crippen molar-refractivity contribution in [2.45, 2.75) is 27.7 Å². The van der Waals surface area contributed by atoms with Crippen LogP contribution in [0.25, 0.3) is 11.5 Å². The lowest BCUT2D eigenvalue weighted by Gasteiger charge is -2.08. The van der Waals surface area contributed by atoms with E-state index in [1.807, 2.05) is 70.2 Å². The lowest BCUT2D eigenvalue weighted by Crippen LogP contribution is -2.29. The summed E-state index contributed by atoms with van der Waals surface area (Å²) in [6, 6.07) is 13.5. The van der Waals surface area contributed by atoms with Crippen molar-refractivity contribution in [2.75, 3.05) is 18.4 Å². The van der Waals surface area contributed by atoms with Crippen LogP contribution in [0, 0.1) is 27.7 Å². The Morgan fingerprint density at radius 1 is 0.906 bits per heavy atom. The van der Waals surface area contributed by atoms with E-state index >= 15 is 0 Å². The van der Waals surface area contributed by atoms with Gasteiger partial charge in [-0.2, -0.15) is 10.2 Å². The maximum Gasteiger partial charge on any atom is 0.254 e. The van der Waals surface area contributed by atoms with Crippen molar-refractivity contribution in [2.24, 2.45) is 0 Å². The summed E-state index contributed by atoms with van der Waals surface area (Å²) in [4.78, 5) is 12.6. The van der Waals surface area contributed by atoms with Crippen LogP contribution in [-0.2, 0) is 0 Å². The molecule has 0 aliphatic heterocycles. The molecule has 3 aromatic heterocycles. The normalized spacial score (nSPS) is 10.9. The minimum atomic E-state index is -0.159. The molecule has 0 saturated heterocycles. The molecule has 0 unspecified atom stereocenters. The molecule has 9 heteroatoms. The molecule has 0 atom stereocenters. The van der Waals surface area contributed by atoms with Crippen molar-refractivity contribution in [3.8, 4) is 11.5 Å². The number of hydrogen-bond acceptors (Lipinski definition) is 6. The fraction of sp³-hybridized carbons (Fsp3) is 0.261. The highest BCUT2D eigenvalue weighted by atomic mass is 16.1. The van der Waals surface area contributed by atoms with Gasteiger partial charge >= 0.3 is 0 Å². The molecule has 0 aliphatic carbocycles. The Balaban J connectivity index is 1.30. The van der Waals surface area contributed by atoms with Gasteiger partial charge in [-0.25, -0.2) is 9.36 Å². The monoisotopic (exact) mass is 430 g/mol. The Labute approximate surface area is 186 Å². The van der Waals surface area contributed by atoms with E-state index in [0.29, 0.717) is 30.3 Å². The lowest BCUT2D eigenvalue weighted by molar-refractivity contribution is 0.0954. The van der Waals surface area contributed by atoms with E-state index in [4.69, 9.17) is 0 Å². The van der Waals surface area contributed by atoms with E-state index in [9.17, 15) is 4.79 Å². The van der Waals surface area contributed by atoms with Gasteiger partial charge in [0, 0.05) is 18.8 Å². The molecular weight excluding hydrogens is 404 g/mol. The molecular formula is C23H26N8O. The van der Waals surface area contributed by atoms with Crippen molar-refractivity contribution in [3.63, 3.8) is 0 Å². The molecule has 4 aromatic rings. The second-order valence-corrected chi connectivity index (χ2v) is 7.56. The van der Waals surface area contributed by atoms with Crippen molar-refractivity contribution < 1.29 is 4.79 Å². The van der Waals surface area contributed by atoms with E-state index in [0.717, 1.165) is 28.3 Å². The summed E-state index contributed by atoms with van der Waals surface area (Å²) in [5.41, 5.74) is 5.44. The van der Waals surface area contributed by atoms with E-state index in [1.54, 1.807) is 15.6 Å². The molecule has 32 heavy (non-hydrogen) atoms. The number of aryl methyl sites for hydroxylation is 1. The molecule has 0 spiro atoms. The van der Waals surface area contributed by atoms with Gasteiger partial charge in [-0.15, -0.1) is 10.2 Å². The molecule has 0 saturated carbocycles. The van der Waals surface area contributed by atoms with Gasteiger partial charge in [-0.1, -0.05) is 18.2 Å². The first-order chi connectivity index (χ1) is 15.5. The van der Waals surface area contributed by atoms with E-state index in [1.165, 1.54) is 0 Å². The Bertz CT molecular complexity index is 1230. The first kappa shape index (κ1) is 21.2. The maximum atomic E-state index is 12.6. The van der Waals surface area contributed by atoms with Crippen LogP contribution < -0.4 is 10.6 Å². The van der Waals surface area contributed by atoms with E-state index in [2.05, 4.69) is 31.0 Å². The summed E-state index contributed by atoms with van der Waals surface area (Å²) in [5, 5.41) is 23.4. The van der Waals surface area contributed by atoms with Crippen LogP contribution in [0.5, 0.6) is 0 Å². The number of carbonyl (C=O) groups excluding carboxylic acids is 1. The number of para-hydroxylation sites is 1. The Morgan fingerprint density at radius 2 is 1.69 bits per heavy atom. The number of amides is 1. The molecule has 9 nitrogen and oxygen atoms in total. The van der Waals surface area contributed by atoms with Crippen molar-refractivity contribution in [3.05, 3.63) is 76.9 Å². The van der Waals surface area contributed by atoms with Gasteiger partial charge < -0.3 is 10.6 Å². The van der Waals surface area contributed by atoms with Gasteiger partial charge in [-0.3, -0.25) is 4.79 Å². The maximum absolute atomic E-state index is 12.6. The van der Waals surface area contributed by atoms with Crippen LogP contribution >= 0.6 is 0 Å². The fourth-order valence-electron chi connectivity index (χ4n) is 3.40. The zero-order chi connectivity index (χ0) is 22.7. The molecule has 0 bridgehead atoms. The van der Waals surface area contributed by atoms with Crippen LogP contribution in [-0.4, -0.2) is 48.8 Å². The number of benzene rings is 1. The number of hydrogen-bond donors (Lipinski definition) is 2. The van der Waals surface area contributed by atoms with Gasteiger partial charge in [0.1, 0.15) is 5.82 Å². The lowest BCUT2D eigenvalue weighted by atomic mass is 10.2. The largest absolute Gasteiger partial charge is 0.367 e. The molecule has 3 heterocycles.